The van der Waals surface area contributed by atoms with Crippen molar-refractivity contribution in [2.24, 2.45) is 0 Å². The zero-order valence-electron chi connectivity index (χ0n) is 11.7. The molecule has 1 N–H and O–H groups in total. The van der Waals surface area contributed by atoms with Crippen LogP contribution >= 0.6 is 34.9 Å². The van der Waals surface area contributed by atoms with E-state index < -0.39 is 0 Å². The van der Waals surface area contributed by atoms with Gasteiger partial charge in [0.2, 0.25) is 11.0 Å². The molecule has 0 spiro atoms. The molecule has 23 heavy (non-hydrogen) atoms. The summed E-state index contributed by atoms with van der Waals surface area (Å²) < 4.78 is 6.27. The lowest BCUT2D eigenvalue weighted by Gasteiger charge is -1.98. The van der Waals surface area contributed by atoms with Crippen LogP contribution in [0.5, 0.6) is 0 Å². The minimum Gasteiger partial charge on any atom is -0.431 e. The van der Waals surface area contributed by atoms with Gasteiger partial charge in [-0.05, 0) is 12.1 Å². The summed E-state index contributed by atoms with van der Waals surface area (Å²) in [4.78, 5) is 16.2. The molecule has 0 aliphatic carbocycles. The van der Waals surface area contributed by atoms with Crippen LogP contribution in [0, 0.1) is 12.3 Å². The van der Waals surface area contributed by atoms with Gasteiger partial charge in [-0.3, -0.25) is 10.1 Å². The molecule has 0 aliphatic heterocycles. The molecule has 0 aliphatic rings. The van der Waals surface area contributed by atoms with E-state index in [4.69, 9.17) is 10.8 Å². The average Bonchev–Trinajstić information content (AvgIpc) is 3.17. The smallest absolute Gasteiger partial charge is 0.257 e. The zero-order chi connectivity index (χ0) is 16.1. The summed E-state index contributed by atoms with van der Waals surface area (Å²) in [5, 5.41) is 11.4. The lowest BCUT2D eigenvalue weighted by molar-refractivity contribution is -0.113. The quantitative estimate of drug-likeness (QED) is 0.410. The number of para-hydroxylation sites is 2. The molecule has 1 aromatic carbocycles. The number of aromatic nitrogens is 3. The van der Waals surface area contributed by atoms with Gasteiger partial charge in [-0.1, -0.05) is 52.9 Å². The molecule has 0 bridgehead atoms. The maximum absolute atomic E-state index is 11.9. The topological polar surface area (TPSA) is 80.9 Å². The Balaban J connectivity index is 1.53. The number of benzene rings is 1. The fourth-order valence-electron chi connectivity index (χ4n) is 1.62. The monoisotopic (exact) mass is 362 g/mol. The van der Waals surface area contributed by atoms with Crippen molar-refractivity contribution in [1.82, 2.24) is 15.2 Å². The predicted molar refractivity (Wildman–Crippen MR) is 92.8 cm³/mol. The first-order chi connectivity index (χ1) is 11.2. The maximum Gasteiger partial charge on any atom is 0.257 e. The van der Waals surface area contributed by atoms with Crippen LogP contribution in [-0.4, -0.2) is 32.6 Å². The molecule has 2 heterocycles. The molecule has 116 valence electrons. The van der Waals surface area contributed by atoms with E-state index in [0.717, 1.165) is 9.86 Å². The molecular weight excluding hydrogens is 352 g/mol. The molecular formula is C14H10N4O2S3. The Hall–Kier alpha value is -2.02. The molecule has 0 unspecified atom stereocenters. The number of carbonyl (C=O) groups is 1. The van der Waals surface area contributed by atoms with Crippen molar-refractivity contribution in [3.63, 3.8) is 0 Å². The van der Waals surface area contributed by atoms with Crippen LogP contribution in [0.2, 0.25) is 0 Å². The van der Waals surface area contributed by atoms with Crippen molar-refractivity contribution < 1.29 is 9.21 Å². The molecule has 0 saturated carbocycles. The summed E-state index contributed by atoms with van der Waals surface area (Å²) in [5.74, 6) is 3.02. The van der Waals surface area contributed by atoms with E-state index in [0.29, 0.717) is 21.7 Å². The Labute approximate surface area is 144 Å². The Kier molecular flexibility index (Phi) is 5.17. The highest BCUT2D eigenvalue weighted by Crippen LogP contribution is 2.26. The minimum atomic E-state index is -0.193. The van der Waals surface area contributed by atoms with Crippen LogP contribution in [0.25, 0.3) is 11.1 Å². The van der Waals surface area contributed by atoms with Gasteiger partial charge in [-0.15, -0.1) is 16.6 Å². The number of terminal acetylenes is 1. The van der Waals surface area contributed by atoms with Gasteiger partial charge >= 0.3 is 0 Å². The Bertz CT molecular complexity index is 835. The van der Waals surface area contributed by atoms with Crippen LogP contribution in [0.3, 0.4) is 0 Å². The highest BCUT2D eigenvalue weighted by atomic mass is 32.2. The number of carbonyl (C=O) groups excluding carboxylic acids is 1. The van der Waals surface area contributed by atoms with Gasteiger partial charge in [0.1, 0.15) is 5.52 Å². The van der Waals surface area contributed by atoms with Crippen molar-refractivity contribution in [3.8, 4) is 12.3 Å². The van der Waals surface area contributed by atoms with Gasteiger partial charge in [0.15, 0.2) is 9.92 Å². The van der Waals surface area contributed by atoms with Crippen molar-refractivity contribution >= 4 is 57.0 Å². The van der Waals surface area contributed by atoms with Crippen LogP contribution in [0.4, 0.5) is 5.13 Å². The number of oxazole rings is 1. The first-order valence-corrected chi connectivity index (χ1v) is 9.21. The number of rotatable bonds is 6. The summed E-state index contributed by atoms with van der Waals surface area (Å²) in [6, 6.07) is 7.46. The minimum absolute atomic E-state index is 0.180. The number of hydrogen-bond acceptors (Lipinski definition) is 8. The lowest BCUT2D eigenvalue weighted by atomic mass is 10.3. The summed E-state index contributed by atoms with van der Waals surface area (Å²) in [6.07, 6.45) is 5.18. The Morgan fingerprint density at radius 3 is 3.04 bits per heavy atom. The third-order valence-electron chi connectivity index (χ3n) is 2.53. The van der Waals surface area contributed by atoms with E-state index in [1.54, 1.807) is 0 Å². The van der Waals surface area contributed by atoms with Gasteiger partial charge in [0.25, 0.3) is 5.22 Å². The molecule has 0 atom stereocenters. The second kappa shape index (κ2) is 7.50. The largest absolute Gasteiger partial charge is 0.431 e. The predicted octanol–water partition coefficient (Wildman–Crippen LogP) is 3.14. The first kappa shape index (κ1) is 15.9. The summed E-state index contributed by atoms with van der Waals surface area (Å²) in [5.41, 5.74) is 1.48. The zero-order valence-corrected chi connectivity index (χ0v) is 14.1. The Morgan fingerprint density at radius 2 is 2.22 bits per heavy atom. The van der Waals surface area contributed by atoms with E-state index in [9.17, 15) is 4.79 Å². The lowest BCUT2D eigenvalue weighted by Crippen LogP contribution is -2.13. The summed E-state index contributed by atoms with van der Waals surface area (Å²) in [6.45, 7) is 0. The fraction of sp³-hybridized carbons (Fsp3) is 0.143. The molecule has 0 saturated heterocycles. The maximum atomic E-state index is 11.9. The number of thioether (sulfide) groups is 2. The van der Waals surface area contributed by atoms with E-state index in [2.05, 4.69) is 26.4 Å². The van der Waals surface area contributed by atoms with Crippen LogP contribution < -0.4 is 5.32 Å². The SMILES string of the molecule is C#CCSc1nnc(NC(=O)CSc2nc3ccccc3o2)s1. The van der Waals surface area contributed by atoms with Crippen molar-refractivity contribution in [2.45, 2.75) is 9.56 Å². The second-order valence-corrected chi connectivity index (χ2v) is 7.28. The second-order valence-electron chi connectivity index (χ2n) is 4.15. The molecule has 0 radical (unpaired) electrons. The van der Waals surface area contributed by atoms with Crippen molar-refractivity contribution in [1.29, 1.82) is 0 Å². The van der Waals surface area contributed by atoms with Gasteiger partial charge in [-0.25, -0.2) is 4.98 Å². The van der Waals surface area contributed by atoms with Gasteiger partial charge < -0.3 is 4.42 Å². The van der Waals surface area contributed by atoms with E-state index in [-0.39, 0.29) is 11.7 Å². The Morgan fingerprint density at radius 1 is 1.35 bits per heavy atom. The summed E-state index contributed by atoms with van der Waals surface area (Å²) >= 11 is 3.93. The van der Waals surface area contributed by atoms with E-state index in [1.807, 2.05) is 24.3 Å². The molecule has 1 amide bonds. The molecule has 3 rings (SSSR count). The molecule has 0 fully saturated rings. The van der Waals surface area contributed by atoms with E-state index >= 15 is 0 Å². The average molecular weight is 362 g/mol. The van der Waals surface area contributed by atoms with Crippen molar-refractivity contribution in [3.05, 3.63) is 24.3 Å². The van der Waals surface area contributed by atoms with Crippen LogP contribution in [0.15, 0.2) is 38.2 Å². The van der Waals surface area contributed by atoms with Gasteiger partial charge in [-0.2, -0.15) is 0 Å². The number of nitrogens with zero attached hydrogens (tertiary/aromatic N) is 3. The first-order valence-electron chi connectivity index (χ1n) is 6.42. The standard InChI is InChI=1S/C14H10N4O2S3/c1-2-7-21-14-18-17-12(23-14)16-11(19)8-22-13-15-9-5-3-4-6-10(9)20-13/h1,3-6H,7-8H2,(H,16,17,19). The molecule has 2 aromatic heterocycles. The number of hydrogen-bond donors (Lipinski definition) is 1. The fourth-order valence-corrected chi connectivity index (χ4v) is 3.70. The molecule has 3 aromatic rings. The van der Waals surface area contributed by atoms with Crippen LogP contribution in [-0.2, 0) is 4.79 Å². The third kappa shape index (κ3) is 4.25. The van der Waals surface area contributed by atoms with Gasteiger partial charge in [0.05, 0.1) is 11.5 Å². The third-order valence-corrected chi connectivity index (χ3v) is 5.24. The number of amides is 1. The summed E-state index contributed by atoms with van der Waals surface area (Å²) in [7, 11) is 0. The van der Waals surface area contributed by atoms with E-state index in [1.165, 1.54) is 34.9 Å². The number of fused-ring (bicyclic) bond motifs is 1. The number of nitrogens with one attached hydrogen (secondary N) is 1. The molecule has 9 heteroatoms. The van der Waals surface area contributed by atoms with Crippen LogP contribution in [0.1, 0.15) is 0 Å². The normalized spacial score (nSPS) is 10.6. The number of anilines is 1. The van der Waals surface area contributed by atoms with Gasteiger partial charge in [0, 0.05) is 0 Å². The molecule has 6 nitrogen and oxygen atoms in total. The highest BCUT2D eigenvalue weighted by Gasteiger charge is 2.11. The van der Waals surface area contributed by atoms with Crippen molar-refractivity contribution in [2.75, 3.05) is 16.8 Å². The highest BCUT2D eigenvalue weighted by molar-refractivity contribution is 8.01.